The van der Waals surface area contributed by atoms with Gasteiger partial charge in [-0.1, -0.05) is 24.3 Å². The normalized spacial score (nSPS) is 12.6. The van der Waals surface area contributed by atoms with E-state index in [0.717, 1.165) is 30.2 Å². The number of fused-ring (bicyclic) bond motifs is 1. The van der Waals surface area contributed by atoms with Crippen molar-refractivity contribution in [2.24, 2.45) is 0 Å². The van der Waals surface area contributed by atoms with Crippen molar-refractivity contribution >= 4 is 28.8 Å². The number of carbonyl (C=O) groups excluding carboxylic acids is 1. The minimum atomic E-state index is -0.137. The second-order valence-corrected chi connectivity index (χ2v) is 6.83. The van der Waals surface area contributed by atoms with E-state index in [9.17, 15) is 4.79 Å². The number of rotatable bonds is 4. The number of nitrogens with zero attached hydrogens (tertiary/aromatic N) is 3. The molecule has 0 spiro atoms. The van der Waals surface area contributed by atoms with Gasteiger partial charge in [-0.15, -0.1) is 0 Å². The molecule has 3 aromatic rings. The van der Waals surface area contributed by atoms with Gasteiger partial charge in [-0.05, 0) is 48.4 Å². The van der Waals surface area contributed by atoms with E-state index in [-0.39, 0.29) is 5.91 Å². The Morgan fingerprint density at radius 3 is 2.78 bits per heavy atom. The molecule has 5 nitrogen and oxygen atoms in total. The van der Waals surface area contributed by atoms with Crippen LogP contribution in [0.1, 0.15) is 15.9 Å². The number of carbonyl (C=O) groups is 1. The maximum atomic E-state index is 12.7. The molecule has 1 aliphatic rings. The van der Waals surface area contributed by atoms with Crippen molar-refractivity contribution in [1.82, 2.24) is 4.98 Å². The zero-order chi connectivity index (χ0) is 18.8. The molecule has 1 N–H and O–H groups in total. The third-order valence-electron chi connectivity index (χ3n) is 4.79. The van der Waals surface area contributed by atoms with Gasteiger partial charge in [0.2, 0.25) is 0 Å². The molecule has 0 saturated carbocycles. The monoisotopic (exact) mass is 358 g/mol. The number of amides is 1. The van der Waals surface area contributed by atoms with E-state index in [4.69, 9.17) is 0 Å². The number of benzene rings is 2. The van der Waals surface area contributed by atoms with Crippen molar-refractivity contribution in [1.29, 1.82) is 0 Å². The first-order valence-corrected chi connectivity index (χ1v) is 9.02. The van der Waals surface area contributed by atoms with Gasteiger partial charge in [-0.25, -0.2) is 4.98 Å². The summed E-state index contributed by atoms with van der Waals surface area (Å²) in [5.41, 5.74) is 4.89. The number of hydrogen-bond acceptors (Lipinski definition) is 4. The van der Waals surface area contributed by atoms with E-state index >= 15 is 0 Å². The summed E-state index contributed by atoms with van der Waals surface area (Å²) in [6.07, 6.45) is 2.69. The molecule has 0 bridgehead atoms. The molecule has 5 heteroatoms. The molecule has 0 atom stereocenters. The Kier molecular flexibility index (Phi) is 4.50. The first-order valence-electron chi connectivity index (χ1n) is 9.02. The molecule has 4 rings (SSSR count). The molecule has 27 heavy (non-hydrogen) atoms. The summed E-state index contributed by atoms with van der Waals surface area (Å²) >= 11 is 0. The highest BCUT2D eigenvalue weighted by Gasteiger charge is 2.21. The maximum absolute atomic E-state index is 12.7. The van der Waals surface area contributed by atoms with Crippen LogP contribution in [-0.2, 0) is 6.42 Å². The summed E-state index contributed by atoms with van der Waals surface area (Å²) in [7, 11) is 3.95. The number of anilines is 4. The Morgan fingerprint density at radius 1 is 1.07 bits per heavy atom. The number of hydrogen-bond donors (Lipinski definition) is 1. The standard InChI is InChI=1S/C22H22N4O/c1-25(2)19-8-5-7-18(15-19)24-22(27)17-10-12-23-21(14-17)26-13-11-16-6-3-4-9-20(16)26/h3-10,12,14-15H,11,13H2,1-2H3,(H,24,27). The van der Waals surface area contributed by atoms with Crippen LogP contribution in [0.5, 0.6) is 0 Å². The van der Waals surface area contributed by atoms with Gasteiger partial charge in [0.1, 0.15) is 5.82 Å². The van der Waals surface area contributed by atoms with E-state index < -0.39 is 0 Å². The maximum Gasteiger partial charge on any atom is 0.255 e. The predicted molar refractivity (Wildman–Crippen MR) is 110 cm³/mol. The summed E-state index contributed by atoms with van der Waals surface area (Å²) in [5, 5.41) is 2.98. The molecule has 136 valence electrons. The number of nitrogens with one attached hydrogen (secondary N) is 1. The molecule has 2 aromatic carbocycles. The van der Waals surface area contributed by atoms with Crippen molar-refractivity contribution < 1.29 is 4.79 Å². The Bertz CT molecular complexity index is 983. The van der Waals surface area contributed by atoms with Crippen LogP contribution in [0.15, 0.2) is 66.9 Å². The molecular weight excluding hydrogens is 336 g/mol. The van der Waals surface area contributed by atoms with Crippen LogP contribution in [0.2, 0.25) is 0 Å². The molecule has 1 aliphatic heterocycles. The Labute approximate surface area is 159 Å². The van der Waals surface area contributed by atoms with E-state index in [1.807, 2.05) is 55.4 Å². The molecule has 0 unspecified atom stereocenters. The largest absolute Gasteiger partial charge is 0.378 e. The van der Waals surface area contributed by atoms with Gasteiger partial charge >= 0.3 is 0 Å². The van der Waals surface area contributed by atoms with Crippen LogP contribution < -0.4 is 15.1 Å². The highest BCUT2D eigenvalue weighted by molar-refractivity contribution is 6.05. The van der Waals surface area contributed by atoms with E-state index in [1.54, 1.807) is 12.3 Å². The highest BCUT2D eigenvalue weighted by atomic mass is 16.1. The van der Waals surface area contributed by atoms with Crippen LogP contribution in [0.4, 0.5) is 22.9 Å². The summed E-state index contributed by atoms with van der Waals surface area (Å²) in [6, 6.07) is 19.7. The molecule has 1 aromatic heterocycles. The molecule has 0 saturated heterocycles. The average Bonchev–Trinajstić information content (AvgIpc) is 3.12. The zero-order valence-corrected chi connectivity index (χ0v) is 15.5. The third-order valence-corrected chi connectivity index (χ3v) is 4.79. The van der Waals surface area contributed by atoms with Crippen LogP contribution in [0.3, 0.4) is 0 Å². The van der Waals surface area contributed by atoms with Gasteiger partial charge in [0.25, 0.3) is 5.91 Å². The minimum Gasteiger partial charge on any atom is -0.378 e. The van der Waals surface area contributed by atoms with E-state index in [2.05, 4.69) is 33.4 Å². The average molecular weight is 358 g/mol. The smallest absolute Gasteiger partial charge is 0.255 e. The van der Waals surface area contributed by atoms with Gasteiger partial charge in [0, 0.05) is 49.5 Å². The summed E-state index contributed by atoms with van der Waals surface area (Å²) in [4.78, 5) is 21.4. The quantitative estimate of drug-likeness (QED) is 0.763. The summed E-state index contributed by atoms with van der Waals surface area (Å²) in [5.74, 6) is 0.664. The molecule has 0 fully saturated rings. The first kappa shape index (κ1) is 17.1. The van der Waals surface area contributed by atoms with Crippen molar-refractivity contribution in [2.45, 2.75) is 6.42 Å². The SMILES string of the molecule is CN(C)c1cccc(NC(=O)c2ccnc(N3CCc4ccccc43)c2)c1. The van der Waals surface area contributed by atoms with Gasteiger partial charge in [-0.3, -0.25) is 4.79 Å². The third kappa shape index (κ3) is 3.49. The summed E-state index contributed by atoms with van der Waals surface area (Å²) < 4.78 is 0. The number of pyridine rings is 1. The van der Waals surface area contributed by atoms with Gasteiger partial charge in [0.15, 0.2) is 0 Å². The van der Waals surface area contributed by atoms with Crippen LogP contribution in [0.25, 0.3) is 0 Å². The Balaban J connectivity index is 1.56. The van der Waals surface area contributed by atoms with Gasteiger partial charge < -0.3 is 15.1 Å². The lowest BCUT2D eigenvalue weighted by molar-refractivity contribution is 0.102. The lowest BCUT2D eigenvalue weighted by atomic mass is 10.2. The second-order valence-electron chi connectivity index (χ2n) is 6.83. The van der Waals surface area contributed by atoms with Crippen molar-refractivity contribution in [2.75, 3.05) is 35.8 Å². The highest BCUT2D eigenvalue weighted by Crippen LogP contribution is 2.33. The van der Waals surface area contributed by atoms with Gasteiger partial charge in [0.05, 0.1) is 0 Å². The van der Waals surface area contributed by atoms with Crippen LogP contribution in [0, 0.1) is 0 Å². The second kappa shape index (κ2) is 7.11. The minimum absolute atomic E-state index is 0.137. The first-order chi connectivity index (χ1) is 13.1. The van der Waals surface area contributed by atoms with Crippen LogP contribution >= 0.6 is 0 Å². The zero-order valence-electron chi connectivity index (χ0n) is 15.5. The molecule has 0 aliphatic carbocycles. The number of aromatic nitrogens is 1. The number of para-hydroxylation sites is 1. The lowest BCUT2D eigenvalue weighted by Gasteiger charge is -2.19. The molecule has 1 amide bonds. The molecular formula is C22H22N4O. The van der Waals surface area contributed by atoms with E-state index in [0.29, 0.717) is 5.56 Å². The fourth-order valence-corrected chi connectivity index (χ4v) is 3.35. The topological polar surface area (TPSA) is 48.5 Å². The molecule has 2 heterocycles. The fourth-order valence-electron chi connectivity index (χ4n) is 3.35. The molecule has 0 radical (unpaired) electrons. The van der Waals surface area contributed by atoms with Gasteiger partial charge in [-0.2, -0.15) is 0 Å². The van der Waals surface area contributed by atoms with Crippen molar-refractivity contribution in [3.63, 3.8) is 0 Å². The van der Waals surface area contributed by atoms with Crippen molar-refractivity contribution in [3.8, 4) is 0 Å². The predicted octanol–water partition coefficient (Wildman–Crippen LogP) is 4.09. The fraction of sp³-hybridized carbons (Fsp3) is 0.182. The Hall–Kier alpha value is -3.34. The Morgan fingerprint density at radius 2 is 1.93 bits per heavy atom. The van der Waals surface area contributed by atoms with E-state index in [1.165, 1.54) is 11.3 Å². The summed E-state index contributed by atoms with van der Waals surface area (Å²) in [6.45, 7) is 0.877. The lowest BCUT2D eigenvalue weighted by Crippen LogP contribution is -2.17. The van der Waals surface area contributed by atoms with Crippen molar-refractivity contribution in [3.05, 3.63) is 78.0 Å². The van der Waals surface area contributed by atoms with Crippen LogP contribution in [-0.4, -0.2) is 31.5 Å².